The maximum absolute atomic E-state index is 12.2. The number of carbonyl (C=O) groups is 1. The van der Waals surface area contributed by atoms with Crippen LogP contribution in [0.15, 0.2) is 41.7 Å². The number of aromatic nitrogens is 2. The third kappa shape index (κ3) is 4.26. The number of carbonyl (C=O) groups excluding carboxylic acids is 1. The first-order valence-corrected chi connectivity index (χ1v) is 8.81. The SMILES string of the molecule is CNc1cc([C@H](C)NC(=O)c2ccncc2)cc(S(C)(=O)=O)n1. The third-order valence-corrected chi connectivity index (χ3v) is 4.22. The number of hydrogen-bond donors (Lipinski definition) is 2. The molecule has 8 heteroatoms. The number of nitrogens with zero attached hydrogens (tertiary/aromatic N) is 2. The average Bonchev–Trinajstić information content (AvgIpc) is 2.54. The smallest absolute Gasteiger partial charge is 0.251 e. The molecule has 7 nitrogen and oxygen atoms in total. The zero-order chi connectivity index (χ0) is 17.0. The van der Waals surface area contributed by atoms with Gasteiger partial charge in [0.05, 0.1) is 6.04 Å². The average molecular weight is 334 g/mol. The highest BCUT2D eigenvalue weighted by Crippen LogP contribution is 2.20. The molecule has 0 aliphatic heterocycles. The minimum atomic E-state index is -3.44. The van der Waals surface area contributed by atoms with E-state index in [-0.39, 0.29) is 17.0 Å². The maximum atomic E-state index is 12.2. The van der Waals surface area contributed by atoms with E-state index in [9.17, 15) is 13.2 Å². The number of rotatable bonds is 5. The normalized spacial score (nSPS) is 12.5. The van der Waals surface area contributed by atoms with E-state index in [1.807, 2.05) is 0 Å². The van der Waals surface area contributed by atoms with E-state index in [0.717, 1.165) is 6.26 Å². The molecule has 0 radical (unpaired) electrons. The van der Waals surface area contributed by atoms with Crippen LogP contribution in [0.4, 0.5) is 5.82 Å². The minimum Gasteiger partial charge on any atom is -0.373 e. The van der Waals surface area contributed by atoms with Crippen LogP contribution in [0.1, 0.15) is 28.9 Å². The van der Waals surface area contributed by atoms with Gasteiger partial charge in [-0.3, -0.25) is 9.78 Å². The second kappa shape index (κ2) is 6.74. The summed E-state index contributed by atoms with van der Waals surface area (Å²) < 4.78 is 23.5. The van der Waals surface area contributed by atoms with Crippen LogP contribution in [0.3, 0.4) is 0 Å². The summed E-state index contributed by atoms with van der Waals surface area (Å²) in [4.78, 5) is 20.1. The summed E-state index contributed by atoms with van der Waals surface area (Å²) in [6.45, 7) is 1.78. The first-order chi connectivity index (χ1) is 10.8. The molecule has 2 aromatic rings. The van der Waals surface area contributed by atoms with E-state index >= 15 is 0 Å². The Morgan fingerprint density at radius 1 is 1.22 bits per heavy atom. The first-order valence-electron chi connectivity index (χ1n) is 6.92. The molecule has 2 aromatic heterocycles. The standard InChI is InChI=1S/C15H18N4O3S/c1-10(18-15(20)11-4-6-17-7-5-11)12-8-13(16-2)19-14(9-12)23(3,21)22/h4-10H,1-3H3,(H,16,19)(H,18,20)/t10-/m0/s1. The number of amides is 1. The first kappa shape index (κ1) is 16.9. The predicted octanol–water partition coefficient (Wildman–Crippen LogP) is 1.41. The van der Waals surface area contributed by atoms with Gasteiger partial charge < -0.3 is 10.6 Å². The summed E-state index contributed by atoms with van der Waals surface area (Å²) in [6.07, 6.45) is 4.17. The Bertz CT molecular complexity index is 807. The Morgan fingerprint density at radius 2 is 1.87 bits per heavy atom. The summed E-state index contributed by atoms with van der Waals surface area (Å²) in [5.74, 6) is 0.163. The fourth-order valence-electron chi connectivity index (χ4n) is 1.96. The lowest BCUT2D eigenvalue weighted by Gasteiger charge is -2.16. The van der Waals surface area contributed by atoms with Gasteiger partial charge in [-0.1, -0.05) is 0 Å². The van der Waals surface area contributed by atoms with Crippen molar-refractivity contribution in [2.24, 2.45) is 0 Å². The predicted molar refractivity (Wildman–Crippen MR) is 87.0 cm³/mol. The Kier molecular flexibility index (Phi) is 4.95. The number of anilines is 1. The Balaban J connectivity index is 2.28. The van der Waals surface area contributed by atoms with Gasteiger partial charge in [0.25, 0.3) is 5.91 Å². The van der Waals surface area contributed by atoms with Crippen molar-refractivity contribution in [1.82, 2.24) is 15.3 Å². The van der Waals surface area contributed by atoms with Crippen molar-refractivity contribution in [3.63, 3.8) is 0 Å². The van der Waals surface area contributed by atoms with Gasteiger partial charge in [-0.25, -0.2) is 13.4 Å². The van der Waals surface area contributed by atoms with Gasteiger partial charge in [0, 0.05) is 31.3 Å². The van der Waals surface area contributed by atoms with Crippen molar-refractivity contribution in [3.05, 3.63) is 47.8 Å². The van der Waals surface area contributed by atoms with Crippen molar-refractivity contribution < 1.29 is 13.2 Å². The Labute approximate surface area is 135 Å². The number of nitrogens with one attached hydrogen (secondary N) is 2. The van der Waals surface area contributed by atoms with Gasteiger partial charge in [-0.15, -0.1) is 0 Å². The van der Waals surface area contributed by atoms with E-state index < -0.39 is 9.84 Å². The van der Waals surface area contributed by atoms with E-state index in [0.29, 0.717) is 16.9 Å². The molecule has 0 aromatic carbocycles. The second-order valence-electron chi connectivity index (χ2n) is 5.08. The van der Waals surface area contributed by atoms with Crippen LogP contribution in [0.5, 0.6) is 0 Å². The second-order valence-corrected chi connectivity index (χ2v) is 7.04. The van der Waals surface area contributed by atoms with Crippen LogP contribution in [-0.4, -0.2) is 37.6 Å². The lowest BCUT2D eigenvalue weighted by molar-refractivity contribution is 0.0939. The van der Waals surface area contributed by atoms with Gasteiger partial charge in [0.15, 0.2) is 14.9 Å². The van der Waals surface area contributed by atoms with Crippen LogP contribution in [0, 0.1) is 0 Å². The van der Waals surface area contributed by atoms with Crippen molar-refractivity contribution in [1.29, 1.82) is 0 Å². The number of hydrogen-bond acceptors (Lipinski definition) is 6. The van der Waals surface area contributed by atoms with Crippen LogP contribution < -0.4 is 10.6 Å². The summed E-state index contributed by atoms with van der Waals surface area (Å²) >= 11 is 0. The van der Waals surface area contributed by atoms with Gasteiger partial charge in [-0.05, 0) is 36.8 Å². The van der Waals surface area contributed by atoms with Crippen LogP contribution >= 0.6 is 0 Å². The summed E-state index contributed by atoms with van der Waals surface area (Å²) in [6, 6.07) is 6.00. The van der Waals surface area contributed by atoms with Crippen LogP contribution in [0.2, 0.25) is 0 Å². The molecule has 0 unspecified atom stereocenters. The quantitative estimate of drug-likeness (QED) is 0.857. The van der Waals surface area contributed by atoms with Crippen molar-refractivity contribution in [2.45, 2.75) is 18.0 Å². The van der Waals surface area contributed by atoms with Gasteiger partial charge in [0.1, 0.15) is 5.82 Å². The van der Waals surface area contributed by atoms with E-state index in [1.54, 1.807) is 32.2 Å². The van der Waals surface area contributed by atoms with Crippen LogP contribution in [0.25, 0.3) is 0 Å². The Morgan fingerprint density at radius 3 is 2.43 bits per heavy atom. The van der Waals surface area contributed by atoms with Crippen LogP contribution in [-0.2, 0) is 9.84 Å². The molecule has 0 aliphatic carbocycles. The topological polar surface area (TPSA) is 101 Å². The molecule has 0 aliphatic rings. The molecule has 0 spiro atoms. The van der Waals surface area contributed by atoms with Crippen molar-refractivity contribution >= 4 is 21.6 Å². The molecule has 0 saturated heterocycles. The molecule has 122 valence electrons. The molecule has 2 heterocycles. The van der Waals surface area contributed by atoms with E-state index in [2.05, 4.69) is 20.6 Å². The molecule has 0 saturated carbocycles. The van der Waals surface area contributed by atoms with Gasteiger partial charge in [-0.2, -0.15) is 0 Å². The number of sulfone groups is 1. The van der Waals surface area contributed by atoms with E-state index in [1.165, 1.54) is 18.5 Å². The monoisotopic (exact) mass is 334 g/mol. The molecule has 2 N–H and O–H groups in total. The van der Waals surface area contributed by atoms with Crippen molar-refractivity contribution in [3.8, 4) is 0 Å². The summed E-state index contributed by atoms with van der Waals surface area (Å²) in [7, 11) is -1.79. The summed E-state index contributed by atoms with van der Waals surface area (Å²) in [5, 5.41) is 5.61. The minimum absolute atomic E-state index is 0.0376. The van der Waals surface area contributed by atoms with Crippen molar-refractivity contribution in [2.75, 3.05) is 18.6 Å². The molecule has 0 bridgehead atoms. The molecule has 23 heavy (non-hydrogen) atoms. The maximum Gasteiger partial charge on any atom is 0.251 e. The third-order valence-electron chi connectivity index (χ3n) is 3.25. The number of pyridine rings is 2. The Hall–Kier alpha value is -2.48. The highest BCUT2D eigenvalue weighted by atomic mass is 32.2. The molecule has 2 rings (SSSR count). The molecular formula is C15H18N4O3S. The fraction of sp³-hybridized carbons (Fsp3) is 0.267. The molecule has 0 fully saturated rings. The summed E-state index contributed by atoms with van der Waals surface area (Å²) in [5.41, 5.74) is 1.13. The van der Waals surface area contributed by atoms with Gasteiger partial charge in [0.2, 0.25) is 0 Å². The zero-order valence-corrected chi connectivity index (χ0v) is 13.9. The highest BCUT2D eigenvalue weighted by Gasteiger charge is 2.17. The fourth-order valence-corrected chi connectivity index (χ4v) is 2.57. The lowest BCUT2D eigenvalue weighted by atomic mass is 10.1. The largest absolute Gasteiger partial charge is 0.373 e. The highest BCUT2D eigenvalue weighted by molar-refractivity contribution is 7.90. The zero-order valence-electron chi connectivity index (χ0n) is 13.1. The molecule has 1 amide bonds. The molecular weight excluding hydrogens is 316 g/mol. The molecule has 1 atom stereocenters. The lowest BCUT2D eigenvalue weighted by Crippen LogP contribution is -2.27. The van der Waals surface area contributed by atoms with Gasteiger partial charge >= 0.3 is 0 Å². The van der Waals surface area contributed by atoms with E-state index in [4.69, 9.17) is 0 Å².